The summed E-state index contributed by atoms with van der Waals surface area (Å²) in [6.07, 6.45) is 5.37. The van der Waals surface area contributed by atoms with Gasteiger partial charge in [0.2, 0.25) is 0 Å². The summed E-state index contributed by atoms with van der Waals surface area (Å²) in [5, 5.41) is 0. The van der Waals surface area contributed by atoms with Crippen molar-refractivity contribution >= 4 is 0 Å². The average Bonchev–Trinajstić information content (AvgIpc) is 2.61. The first-order valence-electron chi connectivity index (χ1n) is 5.11. The Morgan fingerprint density at radius 2 is 1.83 bits per heavy atom. The summed E-state index contributed by atoms with van der Waals surface area (Å²) in [7, 11) is 0. The molecule has 72 valence electrons. The minimum atomic E-state index is 0.403. The van der Waals surface area contributed by atoms with Gasteiger partial charge in [-0.15, -0.1) is 0 Å². The molecule has 1 nitrogen and oxygen atoms in total. The van der Waals surface area contributed by atoms with Crippen molar-refractivity contribution in [1.29, 1.82) is 0 Å². The average molecular weight is 169 g/mol. The third kappa shape index (κ3) is 2.48. The van der Waals surface area contributed by atoms with Crippen LogP contribution >= 0.6 is 0 Å². The molecule has 1 atom stereocenters. The van der Waals surface area contributed by atoms with E-state index < -0.39 is 0 Å². The molecule has 1 rings (SSSR count). The van der Waals surface area contributed by atoms with Crippen molar-refractivity contribution in [3.8, 4) is 0 Å². The zero-order chi connectivity index (χ0) is 9.41. The fourth-order valence-electron chi connectivity index (χ4n) is 1.72. The highest BCUT2D eigenvalue weighted by atomic mass is 14.7. The number of nitrogens with two attached hydrogens (primary N) is 1. The first kappa shape index (κ1) is 10.0. The fraction of sp³-hybridized carbons (Fsp3) is 1.00. The van der Waals surface area contributed by atoms with Gasteiger partial charge in [-0.1, -0.05) is 20.8 Å². The van der Waals surface area contributed by atoms with Gasteiger partial charge in [-0.2, -0.15) is 0 Å². The molecule has 2 N–H and O–H groups in total. The molecule has 0 aromatic carbocycles. The Hall–Kier alpha value is -0.0400. The molecular weight excluding hydrogens is 146 g/mol. The Labute approximate surface area is 76.7 Å². The molecule has 12 heavy (non-hydrogen) atoms. The van der Waals surface area contributed by atoms with E-state index in [1.165, 1.54) is 25.7 Å². The number of hydrogen-bond acceptors (Lipinski definition) is 1. The molecule has 1 aliphatic rings. The Bertz CT molecular complexity index is 149. The fourth-order valence-corrected chi connectivity index (χ4v) is 1.72. The van der Waals surface area contributed by atoms with Crippen molar-refractivity contribution in [1.82, 2.24) is 0 Å². The quantitative estimate of drug-likeness (QED) is 0.690. The molecule has 0 aromatic rings. The van der Waals surface area contributed by atoms with Gasteiger partial charge in [0.1, 0.15) is 0 Å². The second-order valence-electron chi connectivity index (χ2n) is 5.71. The lowest BCUT2D eigenvalue weighted by atomic mass is 9.83. The third-order valence-electron chi connectivity index (χ3n) is 3.23. The third-order valence-corrected chi connectivity index (χ3v) is 3.23. The van der Waals surface area contributed by atoms with Crippen molar-refractivity contribution < 1.29 is 0 Å². The van der Waals surface area contributed by atoms with Gasteiger partial charge in [-0.05, 0) is 43.4 Å². The van der Waals surface area contributed by atoms with Crippen LogP contribution in [0.3, 0.4) is 0 Å². The predicted molar refractivity (Wildman–Crippen MR) is 54.0 cm³/mol. The van der Waals surface area contributed by atoms with Crippen LogP contribution in [0, 0.1) is 10.8 Å². The van der Waals surface area contributed by atoms with E-state index in [0.717, 1.165) is 0 Å². The van der Waals surface area contributed by atoms with Crippen molar-refractivity contribution in [2.45, 2.75) is 59.4 Å². The van der Waals surface area contributed by atoms with E-state index in [0.29, 0.717) is 16.9 Å². The molecule has 0 aromatic heterocycles. The van der Waals surface area contributed by atoms with E-state index in [1.54, 1.807) is 0 Å². The second kappa shape index (κ2) is 3.02. The summed E-state index contributed by atoms with van der Waals surface area (Å²) in [5.74, 6) is 0. The van der Waals surface area contributed by atoms with Crippen LogP contribution in [0.4, 0.5) is 0 Å². The minimum Gasteiger partial charge on any atom is -0.327 e. The lowest BCUT2D eigenvalue weighted by Gasteiger charge is -2.25. The van der Waals surface area contributed by atoms with Crippen LogP contribution in [0.1, 0.15) is 53.4 Å². The van der Waals surface area contributed by atoms with E-state index in [1.807, 2.05) is 0 Å². The summed E-state index contributed by atoms with van der Waals surface area (Å²) in [4.78, 5) is 0. The Morgan fingerprint density at radius 1 is 1.33 bits per heavy atom. The maximum atomic E-state index is 5.96. The highest BCUT2D eigenvalue weighted by Gasteiger charge is 2.45. The number of rotatable bonds is 3. The Morgan fingerprint density at radius 3 is 2.08 bits per heavy atom. The van der Waals surface area contributed by atoms with Gasteiger partial charge in [-0.25, -0.2) is 0 Å². The molecule has 0 heterocycles. The summed E-state index contributed by atoms with van der Waals surface area (Å²) >= 11 is 0. The molecule has 1 unspecified atom stereocenters. The lowest BCUT2D eigenvalue weighted by molar-refractivity contribution is 0.287. The maximum absolute atomic E-state index is 5.96. The van der Waals surface area contributed by atoms with Gasteiger partial charge in [0.05, 0.1) is 0 Å². The van der Waals surface area contributed by atoms with Crippen LogP contribution in [0.2, 0.25) is 0 Å². The zero-order valence-corrected chi connectivity index (χ0v) is 8.98. The minimum absolute atomic E-state index is 0.403. The van der Waals surface area contributed by atoms with Gasteiger partial charge in [-0.3, -0.25) is 0 Å². The normalized spacial score (nSPS) is 23.8. The lowest BCUT2D eigenvalue weighted by Crippen LogP contribution is -2.29. The van der Waals surface area contributed by atoms with Gasteiger partial charge in [0, 0.05) is 6.04 Å². The summed E-state index contributed by atoms with van der Waals surface area (Å²) in [6, 6.07) is 0.403. The Balaban J connectivity index is 2.32. The topological polar surface area (TPSA) is 26.0 Å². The SMILES string of the molecule is CC(N)C1(CCC(C)(C)C)CC1. The molecule has 0 amide bonds. The predicted octanol–water partition coefficient (Wildman–Crippen LogP) is 2.94. The summed E-state index contributed by atoms with van der Waals surface area (Å²) < 4.78 is 0. The molecule has 0 spiro atoms. The first-order valence-corrected chi connectivity index (χ1v) is 5.11. The summed E-state index contributed by atoms with van der Waals surface area (Å²) in [5.41, 5.74) is 6.97. The second-order valence-corrected chi connectivity index (χ2v) is 5.71. The van der Waals surface area contributed by atoms with Crippen molar-refractivity contribution in [2.75, 3.05) is 0 Å². The molecule has 0 bridgehead atoms. The first-order chi connectivity index (χ1) is 5.36. The zero-order valence-electron chi connectivity index (χ0n) is 8.98. The van der Waals surface area contributed by atoms with E-state index in [-0.39, 0.29) is 0 Å². The molecular formula is C11H23N. The molecule has 1 aliphatic carbocycles. The molecule has 1 fully saturated rings. The van der Waals surface area contributed by atoms with Crippen LogP contribution in [0.5, 0.6) is 0 Å². The van der Waals surface area contributed by atoms with Crippen LogP contribution in [-0.4, -0.2) is 6.04 Å². The van der Waals surface area contributed by atoms with Gasteiger partial charge >= 0.3 is 0 Å². The number of hydrogen-bond donors (Lipinski definition) is 1. The van der Waals surface area contributed by atoms with Gasteiger partial charge in [0.25, 0.3) is 0 Å². The van der Waals surface area contributed by atoms with Crippen molar-refractivity contribution in [3.05, 3.63) is 0 Å². The van der Waals surface area contributed by atoms with Crippen LogP contribution < -0.4 is 5.73 Å². The van der Waals surface area contributed by atoms with Crippen LogP contribution in [-0.2, 0) is 0 Å². The largest absolute Gasteiger partial charge is 0.327 e. The Kier molecular flexibility index (Phi) is 2.53. The van der Waals surface area contributed by atoms with E-state index in [4.69, 9.17) is 5.73 Å². The molecule has 0 saturated heterocycles. The van der Waals surface area contributed by atoms with Gasteiger partial charge < -0.3 is 5.73 Å². The molecule has 0 aliphatic heterocycles. The summed E-state index contributed by atoms with van der Waals surface area (Å²) in [6.45, 7) is 9.09. The highest BCUT2D eigenvalue weighted by molar-refractivity contribution is 4.99. The van der Waals surface area contributed by atoms with E-state index >= 15 is 0 Å². The monoisotopic (exact) mass is 169 g/mol. The molecule has 0 radical (unpaired) electrons. The van der Waals surface area contributed by atoms with E-state index in [2.05, 4.69) is 27.7 Å². The van der Waals surface area contributed by atoms with Crippen LogP contribution in [0.25, 0.3) is 0 Å². The van der Waals surface area contributed by atoms with Gasteiger partial charge in [0.15, 0.2) is 0 Å². The van der Waals surface area contributed by atoms with Crippen molar-refractivity contribution in [3.63, 3.8) is 0 Å². The maximum Gasteiger partial charge on any atom is 0.00670 e. The smallest absolute Gasteiger partial charge is 0.00670 e. The molecule has 1 saturated carbocycles. The molecule has 1 heteroatoms. The van der Waals surface area contributed by atoms with E-state index in [9.17, 15) is 0 Å². The standard InChI is InChI=1S/C11H23N/c1-9(12)11(7-8-11)6-5-10(2,3)4/h9H,5-8,12H2,1-4H3. The highest BCUT2D eigenvalue weighted by Crippen LogP contribution is 2.53. The van der Waals surface area contributed by atoms with Crippen molar-refractivity contribution in [2.24, 2.45) is 16.6 Å². The van der Waals surface area contributed by atoms with Crippen LogP contribution in [0.15, 0.2) is 0 Å².